The number of H-pyrrole nitrogens is 1. The van der Waals surface area contributed by atoms with Gasteiger partial charge in [-0.1, -0.05) is 24.3 Å². The summed E-state index contributed by atoms with van der Waals surface area (Å²) in [5.74, 6) is -1.66. The summed E-state index contributed by atoms with van der Waals surface area (Å²) in [6.07, 6.45) is 1.19. The predicted molar refractivity (Wildman–Crippen MR) is 116 cm³/mol. The molecule has 0 saturated heterocycles. The standard InChI is InChI=1S/C22H24F2N4O3S/c1-15(27-32(30,31)21-11-4-3-10-19(21)24)22(29)28(2)12-6-9-18-14-20(26-25-18)16-7-5-8-17(23)13-16/h3-5,7-8,10-11,13-15,27H,6,9,12H2,1-2H3,(H,25,26)/t15-/m0/s1. The Balaban J connectivity index is 1.52. The number of carbonyl (C=O) groups is 1. The van der Waals surface area contributed by atoms with Gasteiger partial charge >= 0.3 is 0 Å². The van der Waals surface area contributed by atoms with Gasteiger partial charge in [0.15, 0.2) is 0 Å². The second-order valence-electron chi connectivity index (χ2n) is 7.43. The summed E-state index contributed by atoms with van der Waals surface area (Å²) in [5.41, 5.74) is 2.12. The monoisotopic (exact) mass is 462 g/mol. The molecule has 0 fully saturated rings. The van der Waals surface area contributed by atoms with E-state index in [9.17, 15) is 22.0 Å². The lowest BCUT2D eigenvalue weighted by atomic mass is 10.1. The van der Waals surface area contributed by atoms with Gasteiger partial charge in [0.1, 0.15) is 16.5 Å². The summed E-state index contributed by atoms with van der Waals surface area (Å²) >= 11 is 0. The minimum Gasteiger partial charge on any atom is -0.344 e. The molecule has 0 aliphatic heterocycles. The Labute approximate surface area is 185 Å². The second kappa shape index (κ2) is 10.0. The number of nitrogens with one attached hydrogen (secondary N) is 2. The molecule has 0 saturated carbocycles. The zero-order valence-corrected chi connectivity index (χ0v) is 18.5. The number of rotatable bonds is 9. The molecule has 0 spiro atoms. The van der Waals surface area contributed by atoms with Crippen molar-refractivity contribution in [3.05, 3.63) is 71.9 Å². The Morgan fingerprint density at radius 3 is 2.62 bits per heavy atom. The third kappa shape index (κ3) is 5.77. The molecule has 3 rings (SSSR count). The molecule has 0 bridgehead atoms. The summed E-state index contributed by atoms with van der Waals surface area (Å²) in [7, 11) is -2.60. The first-order valence-corrected chi connectivity index (χ1v) is 11.5. The van der Waals surface area contributed by atoms with Crippen LogP contribution in [0.1, 0.15) is 19.0 Å². The van der Waals surface area contributed by atoms with Crippen LogP contribution in [-0.4, -0.2) is 49.1 Å². The molecular formula is C22H24F2N4O3S. The number of halogens is 2. The SMILES string of the molecule is C[C@H](NS(=O)(=O)c1ccccc1F)C(=O)N(C)CCCc1cc(-c2cccc(F)c2)n[nH]1. The quantitative estimate of drug-likeness (QED) is 0.511. The summed E-state index contributed by atoms with van der Waals surface area (Å²) in [4.78, 5) is 13.5. The molecule has 10 heteroatoms. The lowest BCUT2D eigenvalue weighted by Gasteiger charge is -2.22. The number of hydrogen-bond donors (Lipinski definition) is 2. The van der Waals surface area contributed by atoms with Gasteiger partial charge in [-0.25, -0.2) is 17.2 Å². The van der Waals surface area contributed by atoms with Crippen LogP contribution in [-0.2, 0) is 21.2 Å². The molecule has 0 aliphatic rings. The highest BCUT2D eigenvalue weighted by Gasteiger charge is 2.26. The van der Waals surface area contributed by atoms with Crippen molar-refractivity contribution in [3.63, 3.8) is 0 Å². The first-order valence-electron chi connectivity index (χ1n) is 9.99. The van der Waals surface area contributed by atoms with E-state index in [4.69, 9.17) is 0 Å². The molecular weight excluding hydrogens is 438 g/mol. The van der Waals surface area contributed by atoms with Gasteiger partial charge in [-0.2, -0.15) is 9.82 Å². The number of benzene rings is 2. The Morgan fingerprint density at radius 1 is 1.16 bits per heavy atom. The Bertz CT molecular complexity index is 1200. The fourth-order valence-electron chi connectivity index (χ4n) is 3.24. The zero-order chi connectivity index (χ0) is 23.3. The Hall–Kier alpha value is -3.11. The summed E-state index contributed by atoms with van der Waals surface area (Å²) in [5, 5.41) is 7.09. The van der Waals surface area contributed by atoms with Crippen molar-refractivity contribution in [2.75, 3.05) is 13.6 Å². The minimum atomic E-state index is -4.17. The van der Waals surface area contributed by atoms with E-state index in [2.05, 4.69) is 14.9 Å². The van der Waals surface area contributed by atoms with Gasteiger partial charge < -0.3 is 4.90 Å². The van der Waals surface area contributed by atoms with Gasteiger partial charge in [-0.15, -0.1) is 0 Å². The van der Waals surface area contributed by atoms with E-state index in [0.717, 1.165) is 17.8 Å². The maximum atomic E-state index is 13.8. The molecule has 32 heavy (non-hydrogen) atoms. The Kier molecular flexibility index (Phi) is 7.37. The van der Waals surface area contributed by atoms with E-state index in [1.165, 1.54) is 36.1 Å². The number of aromatic nitrogens is 2. The normalized spacial score (nSPS) is 12.5. The number of hydrogen-bond acceptors (Lipinski definition) is 4. The highest BCUT2D eigenvalue weighted by Crippen LogP contribution is 2.19. The number of aromatic amines is 1. The smallest absolute Gasteiger partial charge is 0.244 e. The molecule has 1 heterocycles. The van der Waals surface area contributed by atoms with E-state index < -0.39 is 32.7 Å². The van der Waals surface area contributed by atoms with Crippen molar-refractivity contribution >= 4 is 15.9 Å². The molecule has 1 aromatic heterocycles. The average Bonchev–Trinajstić information content (AvgIpc) is 3.22. The van der Waals surface area contributed by atoms with Gasteiger partial charge in [0, 0.05) is 24.8 Å². The van der Waals surface area contributed by atoms with E-state index in [1.54, 1.807) is 19.2 Å². The van der Waals surface area contributed by atoms with Crippen LogP contribution in [0.25, 0.3) is 11.3 Å². The van der Waals surface area contributed by atoms with Crippen LogP contribution in [0.5, 0.6) is 0 Å². The zero-order valence-electron chi connectivity index (χ0n) is 17.7. The second-order valence-corrected chi connectivity index (χ2v) is 9.11. The molecule has 1 atom stereocenters. The molecule has 3 aromatic rings. The van der Waals surface area contributed by atoms with Gasteiger partial charge in [0.2, 0.25) is 15.9 Å². The van der Waals surface area contributed by atoms with E-state index >= 15 is 0 Å². The van der Waals surface area contributed by atoms with Gasteiger partial charge in [-0.05, 0) is 50.1 Å². The molecule has 2 N–H and O–H groups in total. The van der Waals surface area contributed by atoms with Crippen LogP contribution in [0.2, 0.25) is 0 Å². The van der Waals surface area contributed by atoms with Crippen molar-refractivity contribution in [1.82, 2.24) is 19.8 Å². The molecule has 0 radical (unpaired) electrons. The predicted octanol–water partition coefficient (Wildman–Crippen LogP) is 3.11. The Morgan fingerprint density at radius 2 is 1.91 bits per heavy atom. The molecule has 170 valence electrons. The largest absolute Gasteiger partial charge is 0.344 e. The highest BCUT2D eigenvalue weighted by atomic mass is 32.2. The van der Waals surface area contributed by atoms with E-state index in [1.807, 2.05) is 6.07 Å². The van der Waals surface area contributed by atoms with Crippen LogP contribution in [0, 0.1) is 11.6 Å². The lowest BCUT2D eigenvalue weighted by Crippen LogP contribution is -2.45. The molecule has 1 amide bonds. The number of carbonyl (C=O) groups excluding carboxylic acids is 1. The molecule has 7 nitrogen and oxygen atoms in total. The highest BCUT2D eigenvalue weighted by molar-refractivity contribution is 7.89. The molecule has 2 aromatic carbocycles. The van der Waals surface area contributed by atoms with Crippen molar-refractivity contribution < 1.29 is 22.0 Å². The number of likely N-dealkylation sites (N-methyl/N-ethyl adjacent to an activating group) is 1. The first kappa shape index (κ1) is 23.6. The molecule has 0 aliphatic carbocycles. The minimum absolute atomic E-state index is 0.341. The van der Waals surface area contributed by atoms with Gasteiger partial charge in [0.05, 0.1) is 11.7 Å². The maximum absolute atomic E-state index is 13.8. The number of aryl methyl sites for hydroxylation is 1. The van der Waals surface area contributed by atoms with Crippen LogP contribution >= 0.6 is 0 Å². The van der Waals surface area contributed by atoms with Crippen molar-refractivity contribution in [1.29, 1.82) is 0 Å². The third-order valence-corrected chi connectivity index (χ3v) is 6.47. The maximum Gasteiger partial charge on any atom is 0.244 e. The van der Waals surface area contributed by atoms with Crippen molar-refractivity contribution in [3.8, 4) is 11.3 Å². The van der Waals surface area contributed by atoms with Crippen LogP contribution in [0.4, 0.5) is 8.78 Å². The van der Waals surface area contributed by atoms with Crippen LogP contribution in [0.15, 0.2) is 59.5 Å². The molecule has 0 unspecified atom stereocenters. The van der Waals surface area contributed by atoms with E-state index in [0.29, 0.717) is 30.6 Å². The van der Waals surface area contributed by atoms with Crippen molar-refractivity contribution in [2.24, 2.45) is 0 Å². The summed E-state index contributed by atoms with van der Waals surface area (Å²) in [6, 6.07) is 11.9. The number of sulfonamides is 1. The van der Waals surface area contributed by atoms with Crippen LogP contribution in [0.3, 0.4) is 0 Å². The van der Waals surface area contributed by atoms with Crippen molar-refractivity contribution in [2.45, 2.75) is 30.7 Å². The first-order chi connectivity index (χ1) is 15.2. The van der Waals surface area contributed by atoms with Gasteiger partial charge in [-0.3, -0.25) is 9.89 Å². The summed E-state index contributed by atoms with van der Waals surface area (Å²) in [6.45, 7) is 1.79. The fourth-order valence-corrected chi connectivity index (χ4v) is 4.52. The number of nitrogens with zero attached hydrogens (tertiary/aromatic N) is 2. The van der Waals surface area contributed by atoms with E-state index in [-0.39, 0.29) is 5.82 Å². The lowest BCUT2D eigenvalue weighted by molar-refractivity contribution is -0.131. The summed E-state index contributed by atoms with van der Waals surface area (Å²) < 4.78 is 54.2. The topological polar surface area (TPSA) is 95.2 Å². The number of amides is 1. The fraction of sp³-hybridized carbons (Fsp3) is 0.273. The third-order valence-electron chi connectivity index (χ3n) is 4.90. The van der Waals surface area contributed by atoms with Gasteiger partial charge in [0.25, 0.3) is 0 Å². The van der Waals surface area contributed by atoms with Crippen LogP contribution < -0.4 is 4.72 Å². The average molecular weight is 463 g/mol.